The number of hydrogen-bond acceptors (Lipinski definition) is 3. The number of hydrogen-bond donors (Lipinski definition) is 1. The van der Waals surface area contributed by atoms with Crippen LogP contribution in [0.25, 0.3) is 0 Å². The maximum absolute atomic E-state index is 12.8. The highest BCUT2D eigenvalue weighted by Gasteiger charge is 2.53. The summed E-state index contributed by atoms with van der Waals surface area (Å²) in [5, 5.41) is 2.87. The first-order chi connectivity index (χ1) is 13.0. The molecule has 0 radical (unpaired) electrons. The quantitative estimate of drug-likeness (QED) is 0.884. The van der Waals surface area contributed by atoms with Crippen LogP contribution in [0.15, 0.2) is 24.3 Å². The molecule has 3 saturated carbocycles. The summed E-state index contributed by atoms with van der Waals surface area (Å²) in [6.45, 7) is 0.405. The molecular weight excluding hydrogens is 340 g/mol. The smallest absolute Gasteiger partial charge is 0.407 e. The van der Waals surface area contributed by atoms with Crippen molar-refractivity contribution in [2.45, 2.75) is 68.4 Å². The van der Waals surface area contributed by atoms with E-state index in [9.17, 15) is 9.59 Å². The van der Waals surface area contributed by atoms with Crippen molar-refractivity contribution in [2.24, 2.45) is 5.92 Å². The number of nitrogens with zero attached hydrogens (tertiary/aromatic N) is 1. The molecule has 1 aromatic rings. The predicted octanol–water partition coefficient (Wildman–Crippen LogP) is 3.55. The van der Waals surface area contributed by atoms with Crippen molar-refractivity contribution >= 4 is 12.0 Å². The molecule has 1 spiro atoms. The zero-order valence-electron chi connectivity index (χ0n) is 15.9. The lowest BCUT2D eigenvalue weighted by molar-refractivity contribution is -0.143. The number of nitrogens with one attached hydrogen (secondary N) is 1. The number of carbonyl (C=O) groups excluding carboxylic acids is 2. The van der Waals surface area contributed by atoms with E-state index in [2.05, 4.69) is 29.6 Å². The van der Waals surface area contributed by atoms with Crippen LogP contribution in [0.4, 0.5) is 4.79 Å². The minimum atomic E-state index is -0.347. The molecule has 3 aliphatic carbocycles. The number of alkyl carbamates (subject to hydrolysis) is 1. The second kappa shape index (κ2) is 6.25. The third-order valence-electron chi connectivity index (χ3n) is 7.44. The first kappa shape index (κ1) is 17.1. The molecule has 1 N–H and O–H groups in total. The van der Waals surface area contributed by atoms with Gasteiger partial charge < -0.3 is 15.0 Å². The van der Waals surface area contributed by atoms with Crippen molar-refractivity contribution in [3.63, 3.8) is 0 Å². The summed E-state index contributed by atoms with van der Waals surface area (Å²) >= 11 is 0. The van der Waals surface area contributed by atoms with E-state index in [1.165, 1.54) is 30.4 Å². The summed E-state index contributed by atoms with van der Waals surface area (Å²) in [5.41, 5.74) is 2.68. The molecule has 1 saturated heterocycles. The van der Waals surface area contributed by atoms with E-state index in [1.807, 2.05) is 11.9 Å². The van der Waals surface area contributed by atoms with Gasteiger partial charge in [-0.1, -0.05) is 30.7 Å². The van der Waals surface area contributed by atoms with E-state index < -0.39 is 0 Å². The summed E-state index contributed by atoms with van der Waals surface area (Å²) in [6.07, 6.45) is 7.24. The molecule has 1 aliphatic heterocycles. The predicted molar refractivity (Wildman–Crippen MR) is 102 cm³/mol. The highest BCUT2D eigenvalue weighted by molar-refractivity contribution is 5.81. The van der Waals surface area contributed by atoms with E-state index in [1.54, 1.807) is 0 Å². The molecule has 0 aromatic heterocycles. The molecule has 1 heterocycles. The van der Waals surface area contributed by atoms with Gasteiger partial charge in [-0.3, -0.25) is 4.79 Å². The van der Waals surface area contributed by atoms with Crippen LogP contribution < -0.4 is 5.32 Å². The molecule has 5 rings (SSSR count). The Balaban J connectivity index is 1.14. The number of ether oxygens (including phenoxy) is 1. The highest BCUT2D eigenvalue weighted by Crippen LogP contribution is 2.45. The number of rotatable bonds is 4. The molecule has 5 heteroatoms. The maximum Gasteiger partial charge on any atom is 0.407 e. The van der Waals surface area contributed by atoms with Gasteiger partial charge in [0.25, 0.3) is 0 Å². The van der Waals surface area contributed by atoms with E-state index >= 15 is 0 Å². The average molecular weight is 368 g/mol. The largest absolute Gasteiger partial charge is 0.447 e. The van der Waals surface area contributed by atoms with Gasteiger partial charge in [0.2, 0.25) is 5.91 Å². The fourth-order valence-electron chi connectivity index (χ4n) is 5.22. The minimum Gasteiger partial charge on any atom is -0.447 e. The lowest BCUT2D eigenvalue weighted by atomic mass is 9.67. The second-order valence-corrected chi connectivity index (χ2v) is 9.16. The van der Waals surface area contributed by atoms with Gasteiger partial charge in [0.1, 0.15) is 6.61 Å². The summed E-state index contributed by atoms with van der Waals surface area (Å²) < 4.78 is 5.01. The molecule has 4 fully saturated rings. The van der Waals surface area contributed by atoms with Gasteiger partial charge >= 0.3 is 6.09 Å². The Bertz CT molecular complexity index is 761. The SMILES string of the molecule is CN(C(=O)[C@H]1C[C@]2(COC(=O)N2)C1)[C@H]1C[C@@H](c2cccc(C3CCC3)c2)C1. The molecule has 0 unspecified atom stereocenters. The Hall–Kier alpha value is -2.04. The minimum absolute atomic E-state index is 0.0259. The first-order valence-corrected chi connectivity index (χ1v) is 10.3. The van der Waals surface area contributed by atoms with Crippen molar-refractivity contribution < 1.29 is 14.3 Å². The summed E-state index contributed by atoms with van der Waals surface area (Å²) in [4.78, 5) is 26.0. The fraction of sp³-hybridized carbons (Fsp3) is 0.636. The summed E-state index contributed by atoms with van der Waals surface area (Å²) in [5.74, 6) is 1.61. The Morgan fingerprint density at radius 3 is 2.48 bits per heavy atom. The third-order valence-corrected chi connectivity index (χ3v) is 7.44. The second-order valence-electron chi connectivity index (χ2n) is 9.16. The van der Waals surface area contributed by atoms with Gasteiger partial charge in [-0.2, -0.15) is 0 Å². The average Bonchev–Trinajstić information content (AvgIpc) is 2.92. The Morgan fingerprint density at radius 1 is 1.19 bits per heavy atom. The molecule has 2 amide bonds. The van der Waals surface area contributed by atoms with Crippen LogP contribution in [-0.4, -0.2) is 42.1 Å². The number of amides is 2. The fourth-order valence-corrected chi connectivity index (χ4v) is 5.22. The first-order valence-electron chi connectivity index (χ1n) is 10.3. The van der Waals surface area contributed by atoms with Crippen LogP contribution >= 0.6 is 0 Å². The normalized spacial score (nSPS) is 34.9. The van der Waals surface area contributed by atoms with E-state index in [-0.39, 0.29) is 23.5 Å². The van der Waals surface area contributed by atoms with Crippen molar-refractivity contribution in [2.75, 3.05) is 13.7 Å². The van der Waals surface area contributed by atoms with Crippen molar-refractivity contribution in [1.29, 1.82) is 0 Å². The Labute approximate surface area is 160 Å². The van der Waals surface area contributed by atoms with Crippen molar-refractivity contribution in [3.05, 3.63) is 35.4 Å². The monoisotopic (exact) mass is 368 g/mol. The molecule has 0 atom stereocenters. The van der Waals surface area contributed by atoms with E-state index in [4.69, 9.17) is 4.74 Å². The molecule has 4 aliphatic rings. The zero-order chi connectivity index (χ0) is 18.6. The van der Waals surface area contributed by atoms with Crippen LogP contribution in [0.2, 0.25) is 0 Å². The molecule has 1 aromatic carbocycles. The lowest BCUT2D eigenvalue weighted by Gasteiger charge is -2.47. The van der Waals surface area contributed by atoms with Crippen LogP contribution in [-0.2, 0) is 9.53 Å². The molecule has 144 valence electrons. The molecular formula is C22H28N2O3. The highest BCUT2D eigenvalue weighted by atomic mass is 16.6. The molecule has 27 heavy (non-hydrogen) atoms. The zero-order valence-corrected chi connectivity index (χ0v) is 15.9. The maximum atomic E-state index is 12.8. The lowest BCUT2D eigenvalue weighted by Crippen LogP contribution is -2.59. The number of benzene rings is 1. The topological polar surface area (TPSA) is 58.6 Å². The van der Waals surface area contributed by atoms with Gasteiger partial charge in [-0.05, 0) is 61.5 Å². The third kappa shape index (κ3) is 2.91. The number of cyclic esters (lactones) is 1. The van der Waals surface area contributed by atoms with Gasteiger partial charge in [0, 0.05) is 19.0 Å². The summed E-state index contributed by atoms with van der Waals surface area (Å²) in [6, 6.07) is 9.49. The van der Waals surface area contributed by atoms with Gasteiger partial charge in [0.05, 0.1) is 5.54 Å². The van der Waals surface area contributed by atoms with Crippen molar-refractivity contribution in [3.8, 4) is 0 Å². The Morgan fingerprint density at radius 2 is 1.89 bits per heavy atom. The molecule has 5 nitrogen and oxygen atoms in total. The summed E-state index contributed by atoms with van der Waals surface area (Å²) in [7, 11) is 1.95. The van der Waals surface area contributed by atoms with Crippen LogP contribution in [0.3, 0.4) is 0 Å². The van der Waals surface area contributed by atoms with Crippen LogP contribution in [0.1, 0.15) is 67.9 Å². The van der Waals surface area contributed by atoms with E-state index in [0.717, 1.165) is 18.8 Å². The van der Waals surface area contributed by atoms with Gasteiger partial charge in [0.15, 0.2) is 0 Å². The van der Waals surface area contributed by atoms with Crippen LogP contribution in [0.5, 0.6) is 0 Å². The van der Waals surface area contributed by atoms with Crippen molar-refractivity contribution in [1.82, 2.24) is 10.2 Å². The Kier molecular flexibility index (Phi) is 3.95. The number of carbonyl (C=O) groups is 2. The van der Waals surface area contributed by atoms with E-state index in [0.29, 0.717) is 31.4 Å². The molecule has 0 bridgehead atoms. The van der Waals surface area contributed by atoms with Gasteiger partial charge in [-0.25, -0.2) is 4.79 Å². The van der Waals surface area contributed by atoms with Gasteiger partial charge in [-0.15, -0.1) is 0 Å². The standard InChI is InChI=1S/C22H28N2O3/c1-24(20(25)18-11-22(12-18)13-27-21(26)23-22)19-9-17(10-19)16-7-3-6-15(8-16)14-4-2-5-14/h3,6-8,14,17-19H,2,4-5,9-13H2,1H3,(H,23,26)/t17-,18-,19+,22+. The van der Waals surface area contributed by atoms with Crippen LogP contribution in [0, 0.1) is 5.92 Å².